The van der Waals surface area contributed by atoms with Crippen LogP contribution in [0.4, 0.5) is 11.4 Å². The number of amides is 1. The maximum absolute atomic E-state index is 12.1. The summed E-state index contributed by atoms with van der Waals surface area (Å²) in [5.41, 5.74) is 0.831. The minimum Gasteiger partial charge on any atom is -0.387 e. The Balaban J connectivity index is 2.18. The summed E-state index contributed by atoms with van der Waals surface area (Å²) in [6, 6.07) is 4.43. The van der Waals surface area contributed by atoms with Crippen LogP contribution in [0.2, 0.25) is 0 Å². The number of hydrogen-bond donors (Lipinski definition) is 2. The third-order valence-electron chi connectivity index (χ3n) is 3.44. The van der Waals surface area contributed by atoms with E-state index in [1.165, 1.54) is 12.1 Å². The van der Waals surface area contributed by atoms with E-state index in [1.807, 2.05) is 0 Å². The molecule has 1 aliphatic rings. The number of rotatable bonds is 4. The van der Waals surface area contributed by atoms with Crippen molar-refractivity contribution in [1.29, 1.82) is 0 Å². The lowest BCUT2D eigenvalue weighted by Crippen LogP contribution is -2.43. The Morgan fingerprint density at radius 1 is 1.42 bits per heavy atom. The van der Waals surface area contributed by atoms with Gasteiger partial charge in [-0.15, -0.1) is 0 Å². The SMILES string of the molecule is CNc1ccc([N+](=O)[O-])cc1C(=O)NC1CC(C)C1. The van der Waals surface area contributed by atoms with E-state index in [-0.39, 0.29) is 17.6 Å². The van der Waals surface area contributed by atoms with Crippen molar-refractivity contribution in [2.75, 3.05) is 12.4 Å². The van der Waals surface area contributed by atoms with Gasteiger partial charge in [0.05, 0.1) is 10.5 Å². The van der Waals surface area contributed by atoms with Crippen LogP contribution < -0.4 is 10.6 Å². The van der Waals surface area contributed by atoms with Gasteiger partial charge in [0.2, 0.25) is 0 Å². The summed E-state index contributed by atoms with van der Waals surface area (Å²) in [4.78, 5) is 22.4. The molecule has 1 aliphatic carbocycles. The lowest BCUT2D eigenvalue weighted by molar-refractivity contribution is -0.384. The van der Waals surface area contributed by atoms with Crippen molar-refractivity contribution in [2.45, 2.75) is 25.8 Å². The Hall–Kier alpha value is -2.11. The number of anilines is 1. The number of nitrogens with zero attached hydrogens (tertiary/aromatic N) is 1. The van der Waals surface area contributed by atoms with E-state index >= 15 is 0 Å². The number of nitro benzene ring substituents is 1. The smallest absolute Gasteiger partial charge is 0.270 e. The molecule has 0 unspecified atom stereocenters. The number of nitrogens with one attached hydrogen (secondary N) is 2. The second-order valence-corrected chi connectivity index (χ2v) is 4.98. The Labute approximate surface area is 111 Å². The van der Waals surface area contributed by atoms with Crippen LogP contribution >= 0.6 is 0 Å². The van der Waals surface area contributed by atoms with Crippen molar-refractivity contribution < 1.29 is 9.72 Å². The van der Waals surface area contributed by atoms with E-state index in [2.05, 4.69) is 17.6 Å². The molecule has 2 N–H and O–H groups in total. The van der Waals surface area contributed by atoms with Crippen LogP contribution in [0.1, 0.15) is 30.1 Å². The molecule has 6 nitrogen and oxygen atoms in total. The number of hydrogen-bond acceptors (Lipinski definition) is 4. The van der Waals surface area contributed by atoms with Crippen LogP contribution in [0.25, 0.3) is 0 Å². The molecule has 19 heavy (non-hydrogen) atoms. The van der Waals surface area contributed by atoms with Gasteiger partial charge < -0.3 is 10.6 Å². The number of benzene rings is 1. The summed E-state index contributed by atoms with van der Waals surface area (Å²) in [5.74, 6) is 0.379. The van der Waals surface area contributed by atoms with Gasteiger partial charge in [0.1, 0.15) is 0 Å². The third-order valence-corrected chi connectivity index (χ3v) is 3.44. The van der Waals surface area contributed by atoms with Crippen LogP contribution in [0, 0.1) is 16.0 Å². The van der Waals surface area contributed by atoms with Crippen molar-refractivity contribution in [3.63, 3.8) is 0 Å². The van der Waals surface area contributed by atoms with E-state index in [4.69, 9.17) is 0 Å². The highest BCUT2D eigenvalue weighted by atomic mass is 16.6. The molecule has 0 bridgehead atoms. The second-order valence-electron chi connectivity index (χ2n) is 4.98. The Kier molecular flexibility index (Phi) is 3.69. The molecule has 0 saturated heterocycles. The molecule has 1 saturated carbocycles. The second kappa shape index (κ2) is 5.26. The Morgan fingerprint density at radius 2 is 2.11 bits per heavy atom. The fourth-order valence-electron chi connectivity index (χ4n) is 2.34. The van der Waals surface area contributed by atoms with Gasteiger partial charge in [-0.1, -0.05) is 6.92 Å². The van der Waals surface area contributed by atoms with E-state index < -0.39 is 4.92 Å². The fraction of sp³-hybridized carbons (Fsp3) is 0.462. The fourth-order valence-corrected chi connectivity index (χ4v) is 2.34. The lowest BCUT2D eigenvalue weighted by atomic mass is 9.82. The Morgan fingerprint density at radius 3 is 2.63 bits per heavy atom. The van der Waals surface area contributed by atoms with Crippen molar-refractivity contribution in [3.8, 4) is 0 Å². The van der Waals surface area contributed by atoms with Crippen LogP contribution in [0.15, 0.2) is 18.2 Å². The van der Waals surface area contributed by atoms with Gasteiger partial charge in [-0.3, -0.25) is 14.9 Å². The first kappa shape index (κ1) is 13.3. The van der Waals surface area contributed by atoms with E-state index in [0.717, 1.165) is 12.8 Å². The van der Waals surface area contributed by atoms with Gasteiger partial charge in [-0.05, 0) is 24.8 Å². The molecule has 1 aromatic rings. The Bertz CT molecular complexity index is 510. The molecule has 0 aliphatic heterocycles. The van der Waals surface area contributed by atoms with E-state index in [0.29, 0.717) is 17.2 Å². The van der Waals surface area contributed by atoms with Crippen molar-refractivity contribution in [2.24, 2.45) is 5.92 Å². The average molecular weight is 263 g/mol. The predicted molar refractivity (Wildman–Crippen MR) is 72.3 cm³/mol. The van der Waals surface area contributed by atoms with Gasteiger partial charge in [0, 0.05) is 30.9 Å². The molecule has 1 aromatic carbocycles. The standard InChI is InChI=1S/C13H17N3O3/c1-8-5-9(6-8)15-13(17)11-7-10(16(18)19)3-4-12(11)14-2/h3-4,7-9,14H,5-6H2,1-2H3,(H,15,17). The highest BCUT2D eigenvalue weighted by molar-refractivity contribution is 6.00. The summed E-state index contributed by atoms with van der Waals surface area (Å²) in [6.07, 6.45) is 1.94. The van der Waals surface area contributed by atoms with Gasteiger partial charge >= 0.3 is 0 Å². The molecule has 2 rings (SSSR count). The zero-order valence-corrected chi connectivity index (χ0v) is 11.0. The minimum absolute atomic E-state index is 0.0777. The quantitative estimate of drug-likeness (QED) is 0.644. The zero-order valence-electron chi connectivity index (χ0n) is 11.0. The van der Waals surface area contributed by atoms with E-state index in [1.54, 1.807) is 13.1 Å². The molecule has 1 amide bonds. The topological polar surface area (TPSA) is 84.3 Å². The van der Waals surface area contributed by atoms with Crippen molar-refractivity contribution in [1.82, 2.24) is 5.32 Å². The molecular formula is C13H17N3O3. The molecule has 6 heteroatoms. The summed E-state index contributed by atoms with van der Waals surface area (Å²) in [6.45, 7) is 2.13. The molecule has 1 fully saturated rings. The first-order valence-electron chi connectivity index (χ1n) is 6.28. The maximum atomic E-state index is 12.1. The van der Waals surface area contributed by atoms with Crippen LogP contribution in [-0.2, 0) is 0 Å². The summed E-state index contributed by atoms with van der Waals surface area (Å²) < 4.78 is 0. The van der Waals surface area contributed by atoms with Gasteiger partial charge in [0.15, 0.2) is 0 Å². The highest BCUT2D eigenvalue weighted by Gasteiger charge is 2.28. The highest BCUT2D eigenvalue weighted by Crippen LogP contribution is 2.28. The van der Waals surface area contributed by atoms with Crippen molar-refractivity contribution in [3.05, 3.63) is 33.9 Å². The third kappa shape index (κ3) is 2.83. The molecule has 0 spiro atoms. The lowest BCUT2D eigenvalue weighted by Gasteiger charge is -2.33. The number of non-ortho nitro benzene ring substituents is 1. The van der Waals surface area contributed by atoms with Crippen LogP contribution in [0.5, 0.6) is 0 Å². The molecule has 0 radical (unpaired) electrons. The summed E-state index contributed by atoms with van der Waals surface area (Å²) >= 11 is 0. The number of nitro groups is 1. The number of carbonyl (C=O) groups is 1. The predicted octanol–water partition coefficient (Wildman–Crippen LogP) is 2.16. The zero-order chi connectivity index (χ0) is 14.0. The molecular weight excluding hydrogens is 246 g/mol. The number of carbonyl (C=O) groups excluding carboxylic acids is 1. The average Bonchev–Trinajstić information content (AvgIpc) is 2.35. The van der Waals surface area contributed by atoms with E-state index in [9.17, 15) is 14.9 Å². The molecule has 102 valence electrons. The minimum atomic E-state index is -0.498. The largest absolute Gasteiger partial charge is 0.387 e. The summed E-state index contributed by atoms with van der Waals surface area (Å²) in [5, 5.41) is 16.5. The first-order chi connectivity index (χ1) is 9.01. The van der Waals surface area contributed by atoms with Gasteiger partial charge in [-0.2, -0.15) is 0 Å². The first-order valence-corrected chi connectivity index (χ1v) is 6.28. The normalized spacial score (nSPS) is 21.4. The van der Waals surface area contributed by atoms with Gasteiger partial charge in [-0.25, -0.2) is 0 Å². The van der Waals surface area contributed by atoms with Crippen LogP contribution in [-0.4, -0.2) is 23.9 Å². The van der Waals surface area contributed by atoms with Gasteiger partial charge in [0.25, 0.3) is 11.6 Å². The monoisotopic (exact) mass is 263 g/mol. The van der Waals surface area contributed by atoms with Crippen molar-refractivity contribution >= 4 is 17.3 Å². The molecule has 0 heterocycles. The summed E-state index contributed by atoms with van der Waals surface area (Å²) in [7, 11) is 1.68. The van der Waals surface area contributed by atoms with Crippen LogP contribution in [0.3, 0.4) is 0 Å². The maximum Gasteiger partial charge on any atom is 0.270 e. The molecule has 0 aromatic heterocycles. The molecule has 0 atom stereocenters.